The Balaban J connectivity index is 3.34. The first-order valence-electron chi connectivity index (χ1n) is 5.33. The number of hydrogen-bond acceptors (Lipinski definition) is 4. The SMILES string of the molecule is CCCNCC(=O)NCCC(=O)OCC. The highest BCUT2D eigenvalue weighted by Gasteiger charge is 2.03. The van der Waals surface area contributed by atoms with Gasteiger partial charge in [0.25, 0.3) is 0 Å². The molecule has 0 bridgehead atoms. The molecule has 0 spiro atoms. The van der Waals surface area contributed by atoms with E-state index in [1.54, 1.807) is 6.92 Å². The lowest BCUT2D eigenvalue weighted by Gasteiger charge is -2.05. The zero-order valence-corrected chi connectivity index (χ0v) is 9.47. The van der Waals surface area contributed by atoms with Gasteiger partial charge in [0, 0.05) is 6.54 Å². The summed E-state index contributed by atoms with van der Waals surface area (Å²) in [5.41, 5.74) is 0. The van der Waals surface area contributed by atoms with Crippen LogP contribution in [0.5, 0.6) is 0 Å². The third-order valence-electron chi connectivity index (χ3n) is 1.67. The van der Waals surface area contributed by atoms with E-state index in [9.17, 15) is 9.59 Å². The Labute approximate surface area is 90.6 Å². The number of carbonyl (C=O) groups is 2. The Bertz CT molecular complexity index is 195. The summed E-state index contributed by atoms with van der Waals surface area (Å²) in [6.45, 7) is 5.63. The van der Waals surface area contributed by atoms with Crippen molar-refractivity contribution in [2.24, 2.45) is 0 Å². The molecule has 15 heavy (non-hydrogen) atoms. The van der Waals surface area contributed by atoms with Crippen LogP contribution in [0.1, 0.15) is 26.7 Å². The number of hydrogen-bond donors (Lipinski definition) is 2. The van der Waals surface area contributed by atoms with Crippen LogP contribution in [0, 0.1) is 0 Å². The van der Waals surface area contributed by atoms with Gasteiger partial charge in [-0.1, -0.05) is 6.92 Å². The fourth-order valence-electron chi connectivity index (χ4n) is 0.978. The molecule has 0 heterocycles. The van der Waals surface area contributed by atoms with Gasteiger partial charge in [-0.2, -0.15) is 0 Å². The van der Waals surface area contributed by atoms with E-state index in [-0.39, 0.29) is 18.3 Å². The number of carbonyl (C=O) groups excluding carboxylic acids is 2. The zero-order chi connectivity index (χ0) is 11.5. The average molecular weight is 216 g/mol. The molecule has 0 aliphatic rings. The second-order valence-electron chi connectivity index (χ2n) is 3.08. The number of nitrogens with one attached hydrogen (secondary N) is 2. The maximum atomic E-state index is 11.1. The Kier molecular flexibility index (Phi) is 8.76. The molecule has 0 saturated heterocycles. The fraction of sp³-hybridized carbons (Fsp3) is 0.800. The number of amides is 1. The summed E-state index contributed by atoms with van der Waals surface area (Å²) in [5.74, 6) is -0.368. The lowest BCUT2D eigenvalue weighted by molar-refractivity contribution is -0.143. The average Bonchev–Trinajstić information content (AvgIpc) is 2.18. The van der Waals surface area contributed by atoms with E-state index in [4.69, 9.17) is 4.74 Å². The van der Waals surface area contributed by atoms with Crippen LogP contribution < -0.4 is 10.6 Å². The van der Waals surface area contributed by atoms with Gasteiger partial charge in [-0.25, -0.2) is 0 Å². The minimum Gasteiger partial charge on any atom is -0.466 e. The van der Waals surface area contributed by atoms with E-state index in [0.717, 1.165) is 13.0 Å². The molecule has 5 nitrogen and oxygen atoms in total. The first-order chi connectivity index (χ1) is 7.20. The van der Waals surface area contributed by atoms with Crippen molar-refractivity contribution in [2.45, 2.75) is 26.7 Å². The first-order valence-corrected chi connectivity index (χ1v) is 5.33. The molecule has 5 heteroatoms. The van der Waals surface area contributed by atoms with Crippen molar-refractivity contribution in [3.63, 3.8) is 0 Å². The van der Waals surface area contributed by atoms with Gasteiger partial charge in [0.2, 0.25) is 5.91 Å². The molecule has 0 saturated carbocycles. The summed E-state index contributed by atoms with van der Waals surface area (Å²) in [6, 6.07) is 0. The molecule has 0 radical (unpaired) electrons. The highest BCUT2D eigenvalue weighted by atomic mass is 16.5. The molecule has 0 fully saturated rings. The molecule has 0 rings (SSSR count). The Morgan fingerprint density at radius 1 is 1.20 bits per heavy atom. The quantitative estimate of drug-likeness (QED) is 0.444. The van der Waals surface area contributed by atoms with Gasteiger partial charge in [-0.05, 0) is 19.9 Å². The minimum atomic E-state index is -0.278. The van der Waals surface area contributed by atoms with Crippen LogP contribution in [-0.2, 0) is 14.3 Å². The highest BCUT2D eigenvalue weighted by Crippen LogP contribution is 1.83. The standard InChI is InChI=1S/C10H20N2O3/c1-3-6-11-8-9(13)12-7-5-10(14)15-4-2/h11H,3-8H2,1-2H3,(H,12,13). The Morgan fingerprint density at radius 3 is 2.53 bits per heavy atom. The summed E-state index contributed by atoms with van der Waals surface area (Å²) < 4.78 is 4.72. The highest BCUT2D eigenvalue weighted by molar-refractivity contribution is 5.78. The summed E-state index contributed by atoms with van der Waals surface area (Å²) >= 11 is 0. The molecular weight excluding hydrogens is 196 g/mol. The lowest BCUT2D eigenvalue weighted by Crippen LogP contribution is -2.35. The molecular formula is C10H20N2O3. The molecule has 1 amide bonds. The van der Waals surface area contributed by atoms with Gasteiger partial charge in [-0.15, -0.1) is 0 Å². The van der Waals surface area contributed by atoms with Crippen LogP contribution in [0.2, 0.25) is 0 Å². The predicted molar refractivity (Wildman–Crippen MR) is 57.4 cm³/mol. The number of rotatable bonds is 8. The molecule has 0 aliphatic heterocycles. The largest absolute Gasteiger partial charge is 0.466 e. The van der Waals surface area contributed by atoms with Crippen molar-refractivity contribution >= 4 is 11.9 Å². The van der Waals surface area contributed by atoms with E-state index in [0.29, 0.717) is 19.7 Å². The van der Waals surface area contributed by atoms with Crippen molar-refractivity contribution in [1.29, 1.82) is 0 Å². The summed E-state index contributed by atoms with van der Waals surface area (Å²) in [5, 5.41) is 5.60. The van der Waals surface area contributed by atoms with Gasteiger partial charge in [-0.3, -0.25) is 9.59 Å². The Hall–Kier alpha value is -1.10. The molecule has 88 valence electrons. The van der Waals surface area contributed by atoms with Crippen LogP contribution >= 0.6 is 0 Å². The molecule has 0 aromatic heterocycles. The van der Waals surface area contributed by atoms with Gasteiger partial charge in [0.15, 0.2) is 0 Å². The monoisotopic (exact) mass is 216 g/mol. The van der Waals surface area contributed by atoms with Crippen LogP contribution in [0.3, 0.4) is 0 Å². The zero-order valence-electron chi connectivity index (χ0n) is 9.47. The van der Waals surface area contributed by atoms with Crippen molar-refractivity contribution in [3.8, 4) is 0 Å². The molecule has 0 atom stereocenters. The van der Waals surface area contributed by atoms with Crippen LogP contribution in [-0.4, -0.2) is 38.1 Å². The van der Waals surface area contributed by atoms with E-state index >= 15 is 0 Å². The van der Waals surface area contributed by atoms with Crippen LogP contribution in [0.15, 0.2) is 0 Å². The number of ether oxygens (including phenoxy) is 1. The van der Waals surface area contributed by atoms with Crippen molar-refractivity contribution in [1.82, 2.24) is 10.6 Å². The fourth-order valence-corrected chi connectivity index (χ4v) is 0.978. The van der Waals surface area contributed by atoms with E-state index in [2.05, 4.69) is 10.6 Å². The second-order valence-corrected chi connectivity index (χ2v) is 3.08. The van der Waals surface area contributed by atoms with Crippen molar-refractivity contribution < 1.29 is 14.3 Å². The van der Waals surface area contributed by atoms with Crippen LogP contribution in [0.4, 0.5) is 0 Å². The number of esters is 1. The maximum Gasteiger partial charge on any atom is 0.307 e. The molecule has 2 N–H and O–H groups in total. The van der Waals surface area contributed by atoms with Gasteiger partial charge < -0.3 is 15.4 Å². The molecule has 0 aromatic rings. The lowest BCUT2D eigenvalue weighted by atomic mass is 10.4. The van der Waals surface area contributed by atoms with E-state index in [1.807, 2.05) is 6.92 Å². The third kappa shape index (κ3) is 9.21. The Morgan fingerprint density at radius 2 is 1.93 bits per heavy atom. The second kappa shape index (κ2) is 9.45. The van der Waals surface area contributed by atoms with Gasteiger partial charge in [0.1, 0.15) is 0 Å². The maximum absolute atomic E-state index is 11.1. The van der Waals surface area contributed by atoms with Gasteiger partial charge >= 0.3 is 5.97 Å². The predicted octanol–water partition coefficient (Wildman–Crippen LogP) is 0.0554. The van der Waals surface area contributed by atoms with E-state index in [1.165, 1.54) is 0 Å². The summed E-state index contributed by atoms with van der Waals surface area (Å²) in [4.78, 5) is 22.0. The molecule has 0 aromatic carbocycles. The first kappa shape index (κ1) is 13.9. The van der Waals surface area contributed by atoms with Gasteiger partial charge in [0.05, 0.1) is 19.6 Å². The minimum absolute atomic E-state index is 0.0900. The summed E-state index contributed by atoms with van der Waals surface area (Å²) in [6.07, 6.45) is 1.23. The molecule has 0 aliphatic carbocycles. The topological polar surface area (TPSA) is 67.4 Å². The van der Waals surface area contributed by atoms with Crippen molar-refractivity contribution in [3.05, 3.63) is 0 Å². The molecule has 0 unspecified atom stereocenters. The normalized spacial score (nSPS) is 9.73. The smallest absolute Gasteiger partial charge is 0.307 e. The van der Waals surface area contributed by atoms with Crippen LogP contribution in [0.25, 0.3) is 0 Å². The summed E-state index contributed by atoms with van der Waals surface area (Å²) in [7, 11) is 0. The van der Waals surface area contributed by atoms with Crippen molar-refractivity contribution in [2.75, 3.05) is 26.2 Å². The third-order valence-corrected chi connectivity index (χ3v) is 1.67. The van der Waals surface area contributed by atoms with E-state index < -0.39 is 0 Å².